The molecule has 9 nitrogen and oxygen atoms in total. The predicted octanol–water partition coefficient (Wildman–Crippen LogP) is 5.25. The molecule has 2 aromatic carbocycles. The van der Waals surface area contributed by atoms with Crippen LogP contribution in [-0.4, -0.2) is 67.8 Å². The van der Waals surface area contributed by atoms with Crippen molar-refractivity contribution in [1.29, 1.82) is 0 Å². The molecule has 2 heterocycles. The fourth-order valence-corrected chi connectivity index (χ4v) is 4.86. The van der Waals surface area contributed by atoms with Crippen molar-refractivity contribution in [3.8, 4) is 0 Å². The van der Waals surface area contributed by atoms with Crippen LogP contribution in [0, 0.1) is 5.82 Å². The average Bonchev–Trinajstić information content (AvgIpc) is 3.01. The van der Waals surface area contributed by atoms with Crippen LogP contribution in [-0.2, 0) is 11.3 Å². The van der Waals surface area contributed by atoms with Gasteiger partial charge in [-0.25, -0.2) is 14.4 Å². The molecule has 0 atom stereocenters. The number of morpholine rings is 1. The lowest BCUT2D eigenvalue weighted by molar-refractivity contribution is 0.122. The van der Waals surface area contributed by atoms with E-state index in [4.69, 9.17) is 16.3 Å². The van der Waals surface area contributed by atoms with E-state index >= 15 is 0 Å². The Balaban J connectivity index is 1.47. The summed E-state index contributed by atoms with van der Waals surface area (Å²) in [5, 5.41) is 21.0. The van der Waals surface area contributed by atoms with Gasteiger partial charge in [-0.2, -0.15) is 5.10 Å². The monoisotopic (exact) mass is 607 g/mol. The highest BCUT2D eigenvalue weighted by molar-refractivity contribution is 6.33. The molecular weight excluding hydrogens is 569 g/mol. The van der Waals surface area contributed by atoms with E-state index in [2.05, 4.69) is 45.0 Å². The third kappa shape index (κ3) is 9.08. The lowest BCUT2D eigenvalue weighted by Crippen LogP contribution is -2.37. The molecular formula is C32H39ClFN7O2. The normalized spacial score (nSPS) is 14.3. The Morgan fingerprint density at radius 1 is 1.23 bits per heavy atom. The van der Waals surface area contributed by atoms with Gasteiger partial charge >= 0.3 is 0 Å². The van der Waals surface area contributed by atoms with Gasteiger partial charge in [0.15, 0.2) is 17.5 Å². The lowest BCUT2D eigenvalue weighted by Gasteiger charge is -2.28. The second-order valence-corrected chi connectivity index (χ2v) is 10.7. The number of hydrazone groups is 1. The minimum absolute atomic E-state index is 0.0509. The van der Waals surface area contributed by atoms with Gasteiger partial charge in [0.25, 0.3) is 0 Å². The van der Waals surface area contributed by atoms with Crippen molar-refractivity contribution in [2.75, 3.05) is 56.7 Å². The Kier molecular flexibility index (Phi) is 12.0. The van der Waals surface area contributed by atoms with Crippen LogP contribution in [0.4, 0.5) is 21.6 Å². The zero-order valence-corrected chi connectivity index (χ0v) is 25.5. The fourth-order valence-electron chi connectivity index (χ4n) is 4.64. The molecule has 228 valence electrons. The molecule has 0 saturated carbocycles. The van der Waals surface area contributed by atoms with Gasteiger partial charge in [0.2, 0.25) is 0 Å². The van der Waals surface area contributed by atoms with Crippen LogP contribution in [0.5, 0.6) is 0 Å². The first-order chi connectivity index (χ1) is 20.9. The summed E-state index contributed by atoms with van der Waals surface area (Å²) < 4.78 is 19.7. The predicted molar refractivity (Wildman–Crippen MR) is 173 cm³/mol. The second-order valence-electron chi connectivity index (χ2n) is 10.3. The highest BCUT2D eigenvalue weighted by Gasteiger charge is 2.18. The van der Waals surface area contributed by atoms with Gasteiger partial charge in [-0.05, 0) is 59.5 Å². The molecule has 0 aliphatic carbocycles. The molecule has 1 aliphatic heterocycles. The summed E-state index contributed by atoms with van der Waals surface area (Å²) in [6.45, 7) is 7.41. The maximum absolute atomic E-state index is 14.3. The summed E-state index contributed by atoms with van der Waals surface area (Å²) >= 11 is 6.73. The quantitative estimate of drug-likeness (QED) is 0.119. The van der Waals surface area contributed by atoms with Crippen molar-refractivity contribution in [2.24, 2.45) is 5.10 Å². The Bertz CT molecular complexity index is 1460. The number of nitrogens with one attached hydrogen (secondary N) is 3. The number of aliphatic hydroxyl groups is 1. The average molecular weight is 608 g/mol. The fraction of sp³-hybridized carbons (Fsp3) is 0.344. The van der Waals surface area contributed by atoms with Crippen molar-refractivity contribution < 1.29 is 14.2 Å². The first-order valence-electron chi connectivity index (χ1n) is 14.3. The Hall–Kier alpha value is -3.83. The maximum Gasteiger partial charge on any atom is 0.183 e. The van der Waals surface area contributed by atoms with Crippen LogP contribution in [0.1, 0.15) is 42.3 Å². The molecule has 1 aliphatic rings. The van der Waals surface area contributed by atoms with Crippen LogP contribution in [0.2, 0.25) is 5.02 Å². The van der Waals surface area contributed by atoms with E-state index in [1.165, 1.54) is 6.20 Å². The van der Waals surface area contributed by atoms with E-state index in [9.17, 15) is 9.50 Å². The number of nitrogens with zero attached hydrogens (tertiary/aromatic N) is 4. The lowest BCUT2D eigenvalue weighted by atomic mass is 9.97. The first kappa shape index (κ1) is 32.1. The number of ether oxygens (including phenoxy) is 1. The summed E-state index contributed by atoms with van der Waals surface area (Å²) in [4.78, 5) is 10.4. The van der Waals surface area contributed by atoms with Crippen LogP contribution in [0.15, 0.2) is 65.9 Å². The minimum atomic E-state index is -0.450. The largest absolute Gasteiger partial charge is 0.392 e. The Morgan fingerprint density at radius 3 is 2.79 bits per heavy atom. The molecule has 0 bridgehead atoms. The van der Waals surface area contributed by atoms with E-state index in [1.807, 2.05) is 60.5 Å². The third-order valence-electron chi connectivity index (χ3n) is 6.82. The number of anilines is 3. The molecule has 0 spiro atoms. The van der Waals surface area contributed by atoms with Gasteiger partial charge in [0, 0.05) is 25.3 Å². The molecule has 0 unspecified atom stereocenters. The number of halogens is 2. The van der Waals surface area contributed by atoms with Crippen LogP contribution in [0.25, 0.3) is 5.57 Å². The highest BCUT2D eigenvalue weighted by atomic mass is 35.5. The van der Waals surface area contributed by atoms with E-state index in [1.54, 1.807) is 12.3 Å². The molecule has 11 heteroatoms. The van der Waals surface area contributed by atoms with Gasteiger partial charge in [-0.1, -0.05) is 55.8 Å². The summed E-state index contributed by atoms with van der Waals surface area (Å²) in [6.07, 6.45) is 8.70. The molecule has 4 N–H and O–H groups in total. The highest BCUT2D eigenvalue weighted by Crippen LogP contribution is 2.32. The van der Waals surface area contributed by atoms with Crippen molar-refractivity contribution in [2.45, 2.75) is 26.3 Å². The van der Waals surface area contributed by atoms with Crippen LogP contribution < -0.4 is 21.0 Å². The molecule has 1 fully saturated rings. The number of hydrogen-bond donors (Lipinski definition) is 4. The van der Waals surface area contributed by atoms with Crippen molar-refractivity contribution in [3.63, 3.8) is 0 Å². The molecule has 3 aromatic rings. The summed E-state index contributed by atoms with van der Waals surface area (Å²) in [5.41, 5.74) is 8.47. The number of allylic oxidation sites excluding steroid dienone is 2. The number of aromatic nitrogens is 2. The number of hydrogen-bond acceptors (Lipinski definition) is 9. The zero-order valence-electron chi connectivity index (χ0n) is 24.8. The van der Waals surface area contributed by atoms with Gasteiger partial charge < -0.3 is 30.8 Å². The van der Waals surface area contributed by atoms with Crippen LogP contribution in [0.3, 0.4) is 0 Å². The smallest absolute Gasteiger partial charge is 0.183 e. The van der Waals surface area contributed by atoms with Gasteiger partial charge in [0.05, 0.1) is 49.5 Å². The second kappa shape index (κ2) is 16.1. The van der Waals surface area contributed by atoms with E-state index in [0.717, 1.165) is 40.2 Å². The third-order valence-corrected chi connectivity index (χ3v) is 7.13. The zero-order chi connectivity index (χ0) is 30.6. The van der Waals surface area contributed by atoms with Crippen molar-refractivity contribution in [1.82, 2.24) is 20.7 Å². The first-order valence-corrected chi connectivity index (χ1v) is 14.7. The van der Waals surface area contributed by atoms with E-state index in [-0.39, 0.29) is 24.9 Å². The Labute approximate surface area is 257 Å². The molecule has 1 aromatic heterocycles. The standard InChI is InChI=1S/C32H39ClFN7O2/c1-22(2)27-18-30(39-26-8-4-6-24(16-26)23(9-13-42)7-5-10-35-3)28(33)17-25(27)19-37-38-21-31-36-20-29(34)32(40-31)41-11-14-43-15-12-41/h4-9,16-20,22,35,38-39,42H,10-15,21H2,1-3H3/b7-5?,23-9+,37-19+. The minimum Gasteiger partial charge on any atom is -0.392 e. The number of rotatable bonds is 13. The van der Waals surface area contributed by atoms with Crippen molar-refractivity contribution >= 4 is 40.6 Å². The van der Waals surface area contributed by atoms with Gasteiger partial charge in [-0.15, -0.1) is 0 Å². The summed E-state index contributed by atoms with van der Waals surface area (Å²) in [6, 6.07) is 11.9. The molecule has 43 heavy (non-hydrogen) atoms. The SMILES string of the molecule is CNCC=C/C(=C\CO)c1cccc(Nc2cc(C(C)C)c(/C=N/NCc3ncc(F)c(N4CCOCC4)n3)cc2Cl)c1. The van der Waals surface area contributed by atoms with Gasteiger partial charge in [0.1, 0.15) is 0 Å². The number of aliphatic hydroxyl groups excluding tert-OH is 1. The number of likely N-dealkylation sites (N-methyl/N-ethyl adjacent to an activating group) is 1. The molecule has 1 saturated heterocycles. The van der Waals surface area contributed by atoms with Crippen LogP contribution >= 0.6 is 11.6 Å². The molecule has 4 rings (SSSR count). The molecule has 0 radical (unpaired) electrons. The van der Waals surface area contributed by atoms with Gasteiger partial charge in [-0.3, -0.25) is 0 Å². The maximum atomic E-state index is 14.3. The van der Waals surface area contributed by atoms with E-state index in [0.29, 0.717) is 37.2 Å². The Morgan fingerprint density at radius 2 is 2.05 bits per heavy atom. The number of benzene rings is 2. The topological polar surface area (TPSA) is 107 Å². The summed E-state index contributed by atoms with van der Waals surface area (Å²) in [7, 11) is 1.89. The molecule has 0 amide bonds. The van der Waals surface area contributed by atoms with Crippen molar-refractivity contribution in [3.05, 3.63) is 94.2 Å². The summed E-state index contributed by atoms with van der Waals surface area (Å²) in [5.74, 6) is 0.485. The van der Waals surface area contributed by atoms with E-state index < -0.39 is 5.82 Å².